The number of hydrogen-bond donors (Lipinski definition) is 2. The summed E-state index contributed by atoms with van der Waals surface area (Å²) in [6.45, 7) is 1.85. The monoisotopic (exact) mass is 276 g/mol. The molecule has 1 aliphatic rings. The van der Waals surface area contributed by atoms with Crippen LogP contribution >= 0.6 is 11.6 Å². The van der Waals surface area contributed by atoms with Gasteiger partial charge in [0.2, 0.25) is 5.91 Å². The van der Waals surface area contributed by atoms with Gasteiger partial charge in [0.05, 0.1) is 16.4 Å². The highest BCUT2D eigenvalue weighted by Gasteiger charge is 2.29. The predicted molar refractivity (Wildman–Crippen MR) is 73.7 cm³/mol. The molecule has 1 aromatic carbocycles. The number of fused-ring (bicyclic) bond motifs is 1. The molecule has 0 saturated heterocycles. The Morgan fingerprint density at radius 1 is 1.47 bits per heavy atom. The van der Waals surface area contributed by atoms with Crippen molar-refractivity contribution in [2.24, 2.45) is 0 Å². The lowest BCUT2D eigenvalue weighted by molar-refractivity contribution is -0.117. The quantitative estimate of drug-likeness (QED) is 0.883. The molecule has 1 aliphatic heterocycles. The largest absolute Gasteiger partial charge is 0.324 e. The molecule has 2 N–H and O–H groups in total. The highest BCUT2D eigenvalue weighted by atomic mass is 35.5. The third-order valence-electron chi connectivity index (χ3n) is 3.26. The van der Waals surface area contributed by atoms with Gasteiger partial charge < -0.3 is 10.6 Å². The maximum atomic E-state index is 11.8. The van der Waals surface area contributed by atoms with Crippen LogP contribution in [0.15, 0.2) is 24.4 Å². The number of nitrogens with zero attached hydrogens (tertiary/aromatic N) is 2. The van der Waals surface area contributed by atoms with Crippen molar-refractivity contribution in [3.05, 3.63) is 40.7 Å². The number of anilines is 1. The van der Waals surface area contributed by atoms with Crippen molar-refractivity contribution in [1.29, 1.82) is 0 Å². The number of aryl methyl sites for hydroxylation is 1. The van der Waals surface area contributed by atoms with Crippen LogP contribution in [0.4, 0.5) is 5.69 Å². The van der Waals surface area contributed by atoms with Gasteiger partial charge in [0.1, 0.15) is 6.04 Å². The first kappa shape index (κ1) is 12.2. The third-order valence-corrected chi connectivity index (χ3v) is 3.63. The zero-order valence-corrected chi connectivity index (χ0v) is 11.3. The summed E-state index contributed by atoms with van der Waals surface area (Å²) in [5.41, 5.74) is 3.41. The number of benzene rings is 1. The molecule has 3 rings (SSSR count). The van der Waals surface area contributed by atoms with E-state index in [1.165, 1.54) is 0 Å². The zero-order valence-electron chi connectivity index (χ0n) is 10.6. The fraction of sp³-hybridized carbons (Fsp3) is 0.231. The van der Waals surface area contributed by atoms with E-state index in [4.69, 9.17) is 11.6 Å². The fourth-order valence-electron chi connectivity index (χ4n) is 2.25. The fourth-order valence-corrected chi connectivity index (χ4v) is 2.38. The van der Waals surface area contributed by atoms with E-state index in [0.29, 0.717) is 5.02 Å². The summed E-state index contributed by atoms with van der Waals surface area (Å²) < 4.78 is 1.71. The van der Waals surface area contributed by atoms with Crippen molar-refractivity contribution < 1.29 is 4.79 Å². The summed E-state index contributed by atoms with van der Waals surface area (Å²) in [7, 11) is 1.77. The van der Waals surface area contributed by atoms with Crippen LogP contribution in [0.3, 0.4) is 0 Å². The van der Waals surface area contributed by atoms with Gasteiger partial charge in [-0.3, -0.25) is 4.79 Å². The van der Waals surface area contributed by atoms with Gasteiger partial charge in [-0.1, -0.05) is 17.7 Å². The van der Waals surface area contributed by atoms with E-state index >= 15 is 0 Å². The van der Waals surface area contributed by atoms with Crippen LogP contribution < -0.4 is 10.6 Å². The van der Waals surface area contributed by atoms with Gasteiger partial charge in [0.25, 0.3) is 0 Å². The summed E-state index contributed by atoms with van der Waals surface area (Å²) in [6.07, 6.45) is 1.75. The number of hydrogen-bond acceptors (Lipinski definition) is 3. The number of nitrogens with one attached hydrogen (secondary N) is 2. The third kappa shape index (κ3) is 1.91. The molecule has 0 aliphatic carbocycles. The van der Waals surface area contributed by atoms with Crippen LogP contribution in [0.5, 0.6) is 0 Å². The Bertz CT molecular complexity index is 645. The molecule has 6 heteroatoms. The van der Waals surface area contributed by atoms with E-state index in [1.807, 2.05) is 25.1 Å². The first-order valence-electron chi connectivity index (χ1n) is 5.94. The van der Waals surface area contributed by atoms with Gasteiger partial charge in [0, 0.05) is 17.4 Å². The number of carbonyl (C=O) groups is 1. The summed E-state index contributed by atoms with van der Waals surface area (Å²) in [6, 6.07) is 5.46. The second kappa shape index (κ2) is 4.36. The summed E-state index contributed by atoms with van der Waals surface area (Å²) >= 11 is 6.00. The molecule has 0 fully saturated rings. The Morgan fingerprint density at radius 3 is 2.89 bits per heavy atom. The summed E-state index contributed by atoms with van der Waals surface area (Å²) in [4.78, 5) is 11.8. The molecular weight excluding hydrogens is 264 g/mol. The van der Waals surface area contributed by atoms with Gasteiger partial charge in [-0.25, -0.2) is 4.68 Å². The Labute approximate surface area is 115 Å². The van der Waals surface area contributed by atoms with Crippen LogP contribution in [0.2, 0.25) is 5.02 Å². The van der Waals surface area contributed by atoms with Crippen molar-refractivity contribution in [3.8, 4) is 5.69 Å². The van der Waals surface area contributed by atoms with E-state index in [9.17, 15) is 4.79 Å². The lowest BCUT2D eigenvalue weighted by Gasteiger charge is -2.07. The van der Waals surface area contributed by atoms with E-state index in [0.717, 1.165) is 22.6 Å². The highest BCUT2D eigenvalue weighted by molar-refractivity contribution is 6.31. The molecule has 5 nitrogen and oxygen atoms in total. The molecule has 1 unspecified atom stereocenters. The molecule has 1 amide bonds. The Hall–Kier alpha value is -1.85. The average molecular weight is 277 g/mol. The first-order chi connectivity index (χ1) is 9.10. The summed E-state index contributed by atoms with van der Waals surface area (Å²) in [5, 5.41) is 10.8. The molecule has 0 spiro atoms. The van der Waals surface area contributed by atoms with Crippen LogP contribution in [0.25, 0.3) is 5.69 Å². The van der Waals surface area contributed by atoms with Gasteiger partial charge in [0.15, 0.2) is 0 Å². The molecule has 1 atom stereocenters. The predicted octanol–water partition coefficient (Wildman–Crippen LogP) is 2.05. The number of rotatable bonds is 2. The van der Waals surface area contributed by atoms with E-state index < -0.39 is 0 Å². The smallest absolute Gasteiger partial charge is 0.246 e. The average Bonchev–Trinajstić information content (AvgIpc) is 2.88. The van der Waals surface area contributed by atoms with Crippen molar-refractivity contribution in [3.63, 3.8) is 0 Å². The van der Waals surface area contributed by atoms with Crippen molar-refractivity contribution >= 4 is 23.2 Å². The normalized spacial score (nSPS) is 17.4. The molecular formula is C13H13ClN4O. The SMILES string of the molecule is CNC1C(=O)Nc2cc(-n3cc(Cl)c(C)n3)ccc21. The molecule has 1 aromatic heterocycles. The maximum Gasteiger partial charge on any atom is 0.246 e. The lowest BCUT2D eigenvalue weighted by Crippen LogP contribution is -2.23. The van der Waals surface area contributed by atoms with Crippen LogP contribution in [-0.2, 0) is 4.79 Å². The second-order valence-corrected chi connectivity index (χ2v) is 4.90. The molecule has 2 heterocycles. The minimum absolute atomic E-state index is 0.0377. The second-order valence-electron chi connectivity index (χ2n) is 4.49. The van der Waals surface area contributed by atoms with Crippen LogP contribution in [0.1, 0.15) is 17.3 Å². The molecule has 0 saturated carbocycles. The van der Waals surface area contributed by atoms with Crippen LogP contribution in [0, 0.1) is 6.92 Å². The van der Waals surface area contributed by atoms with E-state index in [2.05, 4.69) is 15.7 Å². The molecule has 0 radical (unpaired) electrons. The molecule has 19 heavy (non-hydrogen) atoms. The van der Waals surface area contributed by atoms with Crippen molar-refractivity contribution in [1.82, 2.24) is 15.1 Å². The van der Waals surface area contributed by atoms with Gasteiger partial charge in [-0.15, -0.1) is 0 Å². The number of aromatic nitrogens is 2. The summed E-state index contributed by atoms with van der Waals surface area (Å²) in [5.74, 6) is -0.0377. The zero-order chi connectivity index (χ0) is 13.6. The van der Waals surface area contributed by atoms with E-state index in [-0.39, 0.29) is 11.9 Å². The van der Waals surface area contributed by atoms with Crippen LogP contribution in [-0.4, -0.2) is 22.7 Å². The minimum Gasteiger partial charge on any atom is -0.324 e. The van der Waals surface area contributed by atoms with Gasteiger partial charge >= 0.3 is 0 Å². The number of likely N-dealkylation sites (N-methyl/N-ethyl adjacent to an activating group) is 1. The molecule has 0 bridgehead atoms. The Balaban J connectivity index is 2.04. The standard InChI is InChI=1S/C13H13ClN4O/c1-7-10(14)6-18(17-7)8-3-4-9-11(5-8)16-13(19)12(9)15-2/h3-6,12,15H,1-2H3,(H,16,19). The van der Waals surface area contributed by atoms with Crippen molar-refractivity contribution in [2.45, 2.75) is 13.0 Å². The van der Waals surface area contributed by atoms with Gasteiger partial charge in [-0.2, -0.15) is 5.10 Å². The lowest BCUT2D eigenvalue weighted by atomic mass is 10.1. The molecule has 98 valence electrons. The number of amides is 1. The minimum atomic E-state index is -0.285. The van der Waals surface area contributed by atoms with Gasteiger partial charge in [-0.05, 0) is 26.1 Å². The number of halogens is 1. The first-order valence-corrected chi connectivity index (χ1v) is 6.32. The topological polar surface area (TPSA) is 59.0 Å². The van der Waals surface area contributed by atoms with E-state index in [1.54, 1.807) is 17.9 Å². The molecule has 2 aromatic rings. The highest BCUT2D eigenvalue weighted by Crippen LogP contribution is 2.32. The Kier molecular flexibility index (Phi) is 2.80. The van der Waals surface area contributed by atoms with Crippen molar-refractivity contribution in [2.75, 3.05) is 12.4 Å². The maximum absolute atomic E-state index is 11.8. The Morgan fingerprint density at radius 2 is 2.26 bits per heavy atom. The number of carbonyl (C=O) groups excluding carboxylic acids is 1.